The second kappa shape index (κ2) is 3.97. The number of fused-ring (bicyclic) bond motifs is 1. The van der Waals surface area contributed by atoms with E-state index in [9.17, 15) is 4.79 Å². The number of carbonyl (C=O) groups excluding carboxylic acids is 1. The smallest absolute Gasteiger partial charge is 0.239 e. The Morgan fingerprint density at radius 1 is 1.69 bits per heavy atom. The van der Waals surface area contributed by atoms with Crippen LogP contribution in [0, 0.1) is 0 Å². The number of carbonyl (C=O) groups is 1. The normalized spacial score (nSPS) is 10.6. The molecule has 1 amide bonds. The van der Waals surface area contributed by atoms with Gasteiger partial charge in [0.05, 0.1) is 5.02 Å². The highest BCUT2D eigenvalue weighted by atomic mass is 35.5. The lowest BCUT2D eigenvalue weighted by Gasteiger charge is -2.03. The molecule has 84 valence electrons. The second-order valence-corrected chi connectivity index (χ2v) is 3.66. The predicted octanol–water partition coefficient (Wildman–Crippen LogP) is 0.413. The Balaban J connectivity index is 2.52. The van der Waals surface area contributed by atoms with Crippen LogP contribution in [-0.4, -0.2) is 27.5 Å². The summed E-state index contributed by atoms with van der Waals surface area (Å²) in [4.78, 5) is 19.4. The maximum atomic E-state index is 11.3. The minimum absolute atomic E-state index is 0.0907. The van der Waals surface area contributed by atoms with Gasteiger partial charge in [0.2, 0.25) is 11.9 Å². The number of rotatable bonds is 2. The van der Waals surface area contributed by atoms with Crippen LogP contribution in [0.25, 0.3) is 11.2 Å². The Labute approximate surface area is 96.4 Å². The minimum atomic E-state index is -0.164. The summed E-state index contributed by atoms with van der Waals surface area (Å²) in [6, 6.07) is 1.65. The van der Waals surface area contributed by atoms with Crippen LogP contribution >= 0.6 is 11.6 Å². The second-order valence-electron chi connectivity index (χ2n) is 3.23. The monoisotopic (exact) mass is 239 g/mol. The van der Waals surface area contributed by atoms with E-state index in [1.165, 1.54) is 10.8 Å². The van der Waals surface area contributed by atoms with Gasteiger partial charge in [0.15, 0.2) is 5.65 Å². The maximum Gasteiger partial charge on any atom is 0.239 e. The summed E-state index contributed by atoms with van der Waals surface area (Å²) in [5.74, 6) is 0.0797. The van der Waals surface area contributed by atoms with Gasteiger partial charge in [0.1, 0.15) is 12.1 Å². The van der Waals surface area contributed by atoms with E-state index >= 15 is 0 Å². The Bertz CT molecular complexity index is 550. The van der Waals surface area contributed by atoms with Crippen molar-refractivity contribution in [2.75, 3.05) is 12.8 Å². The van der Waals surface area contributed by atoms with Gasteiger partial charge in [0, 0.05) is 13.2 Å². The van der Waals surface area contributed by atoms with Crippen LogP contribution in [0.1, 0.15) is 0 Å². The number of hydrogen-bond donors (Lipinski definition) is 2. The van der Waals surface area contributed by atoms with Crippen LogP contribution < -0.4 is 11.1 Å². The molecule has 16 heavy (non-hydrogen) atoms. The fourth-order valence-electron chi connectivity index (χ4n) is 1.38. The van der Waals surface area contributed by atoms with Crippen molar-refractivity contribution in [2.24, 2.45) is 0 Å². The van der Waals surface area contributed by atoms with Crippen LogP contribution in [0.4, 0.5) is 5.95 Å². The van der Waals surface area contributed by atoms with Gasteiger partial charge in [-0.15, -0.1) is 0 Å². The van der Waals surface area contributed by atoms with Gasteiger partial charge in [-0.3, -0.25) is 9.36 Å². The number of nitrogens with two attached hydrogens (primary N) is 1. The van der Waals surface area contributed by atoms with Crippen molar-refractivity contribution in [2.45, 2.75) is 6.54 Å². The first-order valence-corrected chi connectivity index (χ1v) is 4.97. The summed E-state index contributed by atoms with van der Waals surface area (Å²) in [7, 11) is 1.56. The highest BCUT2D eigenvalue weighted by Gasteiger charge is 2.12. The van der Waals surface area contributed by atoms with Crippen molar-refractivity contribution in [3.8, 4) is 0 Å². The minimum Gasteiger partial charge on any atom is -0.369 e. The highest BCUT2D eigenvalue weighted by molar-refractivity contribution is 6.31. The largest absolute Gasteiger partial charge is 0.369 e. The number of nitrogens with zero attached hydrogens (tertiary/aromatic N) is 3. The Kier molecular flexibility index (Phi) is 2.66. The van der Waals surface area contributed by atoms with E-state index in [0.29, 0.717) is 16.2 Å². The molecule has 0 aromatic carbocycles. The zero-order chi connectivity index (χ0) is 11.7. The molecule has 3 N–H and O–H groups in total. The zero-order valence-electron chi connectivity index (χ0n) is 8.57. The molecule has 0 saturated carbocycles. The number of likely N-dealkylation sites (N-methyl/N-ethyl adjacent to an activating group) is 1. The number of pyridine rings is 1. The van der Waals surface area contributed by atoms with E-state index in [2.05, 4.69) is 15.3 Å². The first kappa shape index (κ1) is 10.7. The lowest BCUT2D eigenvalue weighted by Crippen LogP contribution is -2.24. The van der Waals surface area contributed by atoms with Gasteiger partial charge in [-0.1, -0.05) is 11.6 Å². The van der Waals surface area contributed by atoms with E-state index in [1.54, 1.807) is 13.1 Å². The Morgan fingerprint density at radius 2 is 2.44 bits per heavy atom. The maximum absolute atomic E-state index is 11.3. The molecule has 0 spiro atoms. The van der Waals surface area contributed by atoms with Crippen molar-refractivity contribution in [3.63, 3.8) is 0 Å². The zero-order valence-corrected chi connectivity index (χ0v) is 9.32. The molecule has 0 unspecified atom stereocenters. The molecule has 0 atom stereocenters. The topological polar surface area (TPSA) is 85.8 Å². The summed E-state index contributed by atoms with van der Waals surface area (Å²) in [5, 5.41) is 2.99. The van der Waals surface area contributed by atoms with Crippen LogP contribution in [0.5, 0.6) is 0 Å². The fourth-order valence-corrected chi connectivity index (χ4v) is 1.53. The molecule has 0 bridgehead atoms. The van der Waals surface area contributed by atoms with Crippen molar-refractivity contribution >= 4 is 34.6 Å². The van der Waals surface area contributed by atoms with E-state index in [0.717, 1.165) is 0 Å². The molecule has 0 radical (unpaired) electrons. The van der Waals surface area contributed by atoms with E-state index in [-0.39, 0.29) is 18.4 Å². The molecular formula is C9H10ClN5O. The van der Waals surface area contributed by atoms with Crippen molar-refractivity contribution in [1.29, 1.82) is 0 Å². The third-order valence-electron chi connectivity index (χ3n) is 2.16. The van der Waals surface area contributed by atoms with Crippen LogP contribution in [-0.2, 0) is 11.3 Å². The molecule has 2 aromatic heterocycles. The number of imidazole rings is 1. The molecule has 2 rings (SSSR count). The molecule has 0 fully saturated rings. The Hall–Kier alpha value is -1.82. The van der Waals surface area contributed by atoms with Gasteiger partial charge in [-0.25, -0.2) is 9.97 Å². The fraction of sp³-hybridized carbons (Fsp3) is 0.222. The summed E-state index contributed by atoms with van der Waals surface area (Å²) in [6.07, 6.45) is 1.49. The number of nitrogens with one attached hydrogen (secondary N) is 1. The van der Waals surface area contributed by atoms with Crippen molar-refractivity contribution in [1.82, 2.24) is 19.9 Å². The first-order chi connectivity index (χ1) is 7.61. The first-order valence-electron chi connectivity index (χ1n) is 4.59. The number of anilines is 1. The molecule has 0 aliphatic heterocycles. The van der Waals surface area contributed by atoms with Crippen LogP contribution in [0.15, 0.2) is 12.3 Å². The summed E-state index contributed by atoms with van der Waals surface area (Å²) >= 11 is 5.78. The number of aromatic nitrogens is 3. The molecule has 6 nitrogen and oxygen atoms in total. The molecular weight excluding hydrogens is 230 g/mol. The number of hydrogen-bond acceptors (Lipinski definition) is 4. The molecule has 2 aromatic rings. The van der Waals surface area contributed by atoms with Gasteiger partial charge in [-0.2, -0.15) is 0 Å². The third-order valence-corrected chi connectivity index (χ3v) is 2.37. The van der Waals surface area contributed by atoms with Crippen LogP contribution in [0.3, 0.4) is 0 Å². The van der Waals surface area contributed by atoms with Crippen molar-refractivity contribution in [3.05, 3.63) is 17.3 Å². The van der Waals surface area contributed by atoms with Gasteiger partial charge >= 0.3 is 0 Å². The number of halogens is 1. The average Bonchev–Trinajstić information content (AvgIpc) is 2.54. The van der Waals surface area contributed by atoms with E-state index < -0.39 is 0 Å². The molecule has 2 heterocycles. The average molecular weight is 240 g/mol. The highest BCUT2D eigenvalue weighted by Crippen LogP contribution is 2.18. The van der Waals surface area contributed by atoms with Gasteiger partial charge < -0.3 is 11.1 Å². The summed E-state index contributed by atoms with van der Waals surface area (Å²) < 4.78 is 1.53. The molecule has 0 aliphatic rings. The standard InChI is InChI=1S/C9H10ClN5O/c1-12-7(16)4-15-8-6(14-9(15)11)2-5(10)3-13-8/h2-3H,4H2,1H3,(H2,11,14)(H,12,16). The van der Waals surface area contributed by atoms with Crippen LogP contribution in [0.2, 0.25) is 5.02 Å². The number of nitrogen functional groups attached to an aromatic ring is 1. The quantitative estimate of drug-likeness (QED) is 0.795. The lowest BCUT2D eigenvalue weighted by molar-refractivity contribution is -0.121. The molecule has 0 aliphatic carbocycles. The molecule has 7 heteroatoms. The summed E-state index contributed by atoms with van der Waals surface area (Å²) in [5.41, 5.74) is 6.82. The lowest BCUT2D eigenvalue weighted by atomic mass is 10.4. The van der Waals surface area contributed by atoms with Gasteiger partial charge in [0.25, 0.3) is 0 Å². The number of amides is 1. The third kappa shape index (κ3) is 1.79. The molecule has 0 saturated heterocycles. The Morgan fingerprint density at radius 3 is 3.12 bits per heavy atom. The van der Waals surface area contributed by atoms with E-state index in [1.807, 2.05) is 0 Å². The van der Waals surface area contributed by atoms with Crippen molar-refractivity contribution < 1.29 is 4.79 Å². The SMILES string of the molecule is CNC(=O)Cn1c(N)nc2cc(Cl)cnc21. The van der Waals surface area contributed by atoms with Gasteiger partial charge in [-0.05, 0) is 6.07 Å². The van der Waals surface area contributed by atoms with E-state index in [4.69, 9.17) is 17.3 Å². The predicted molar refractivity (Wildman–Crippen MR) is 61.0 cm³/mol. The summed E-state index contributed by atoms with van der Waals surface area (Å²) in [6.45, 7) is 0.0907.